The second-order valence-corrected chi connectivity index (χ2v) is 10.6. The molecule has 2 N–H and O–H groups in total. The van der Waals surface area contributed by atoms with Crippen molar-refractivity contribution in [3.8, 4) is 0 Å². The first-order chi connectivity index (χ1) is 20.4. The molecule has 0 radical (unpaired) electrons. The number of amides is 1. The van der Waals surface area contributed by atoms with Crippen LogP contribution in [0.5, 0.6) is 0 Å². The lowest BCUT2D eigenvalue weighted by Gasteiger charge is -2.33. The Labute approximate surface area is 253 Å². The van der Waals surface area contributed by atoms with Gasteiger partial charge in [0.1, 0.15) is 0 Å². The zero-order valence-corrected chi connectivity index (χ0v) is 24.8. The van der Waals surface area contributed by atoms with Crippen LogP contribution in [0.2, 0.25) is 0 Å². The molecule has 0 aliphatic rings. The Balaban J connectivity index is 1.77. The van der Waals surface area contributed by atoms with Gasteiger partial charge in [-0.3, -0.25) is 14.9 Å². The van der Waals surface area contributed by atoms with Gasteiger partial charge in [0, 0.05) is 56.2 Å². The van der Waals surface area contributed by atoms with Crippen LogP contribution in [0.25, 0.3) is 0 Å². The molecule has 1 amide bonds. The number of non-ortho nitro benzene ring substituents is 1. The summed E-state index contributed by atoms with van der Waals surface area (Å²) in [6, 6.07) is 11.1. The van der Waals surface area contributed by atoms with Crippen LogP contribution in [0.3, 0.4) is 0 Å². The number of thiocarbonyl (C=S) groups is 1. The first-order valence-electron chi connectivity index (χ1n) is 13.7. The third kappa shape index (κ3) is 9.63. The topological polar surface area (TPSA) is 105 Å². The lowest BCUT2D eigenvalue weighted by Crippen LogP contribution is -2.51. The number of alkyl halides is 3. The van der Waals surface area contributed by atoms with E-state index in [0.717, 1.165) is 11.6 Å². The molecule has 13 heteroatoms. The summed E-state index contributed by atoms with van der Waals surface area (Å²) in [5.74, 6) is -0.298. The number of nitrogens with zero attached hydrogens (tertiary/aromatic N) is 4. The lowest BCUT2D eigenvalue weighted by atomic mass is 9.97. The summed E-state index contributed by atoms with van der Waals surface area (Å²) in [6.45, 7) is 8.37. The molecule has 1 heterocycles. The van der Waals surface area contributed by atoms with Crippen LogP contribution in [0.1, 0.15) is 42.7 Å². The smallest absolute Gasteiger partial charge is 0.359 e. The van der Waals surface area contributed by atoms with Crippen LogP contribution in [0.15, 0.2) is 73.7 Å². The molecular weight excluding hydrogens is 581 g/mol. The van der Waals surface area contributed by atoms with Gasteiger partial charge in [0.25, 0.3) is 5.69 Å². The number of aromatic nitrogens is 2. The predicted octanol–water partition coefficient (Wildman–Crippen LogP) is 5.49. The third-order valence-corrected chi connectivity index (χ3v) is 7.51. The van der Waals surface area contributed by atoms with Gasteiger partial charge in [-0.15, -0.1) is 6.58 Å². The maximum atomic E-state index is 13.7. The van der Waals surface area contributed by atoms with E-state index in [1.54, 1.807) is 46.3 Å². The van der Waals surface area contributed by atoms with Crippen molar-refractivity contribution in [3.05, 3.63) is 106 Å². The summed E-state index contributed by atoms with van der Waals surface area (Å²) in [5, 5.41) is 17.3. The highest BCUT2D eigenvalue weighted by Crippen LogP contribution is 2.32. The molecule has 0 bridgehead atoms. The molecule has 43 heavy (non-hydrogen) atoms. The molecule has 2 aromatic carbocycles. The van der Waals surface area contributed by atoms with E-state index in [1.807, 2.05) is 13.8 Å². The molecule has 230 valence electrons. The molecule has 0 aliphatic carbocycles. The van der Waals surface area contributed by atoms with E-state index in [0.29, 0.717) is 25.2 Å². The summed E-state index contributed by atoms with van der Waals surface area (Å²) in [7, 11) is 0. The molecule has 3 rings (SSSR count). The fourth-order valence-electron chi connectivity index (χ4n) is 4.50. The van der Waals surface area contributed by atoms with Crippen molar-refractivity contribution in [1.82, 2.24) is 25.1 Å². The standard InChI is InChI=1S/C30H35F3N6O3S/c1-4-14-35-29(43)37(18-23-8-6-7-9-26(23)30(31,32)33)19-27(21(3)5-2)36-28(40)15-25-16-34-20-38(25)17-22-10-12-24(13-11-22)39(41)42/h4,6-13,16,20-21,27H,1,5,14-15,17-19H2,2-3H3,(H,35,43)(H,36,40)/t21-,27+/m0/s1. The summed E-state index contributed by atoms with van der Waals surface area (Å²) in [4.78, 5) is 29.6. The van der Waals surface area contributed by atoms with Gasteiger partial charge in [-0.25, -0.2) is 4.98 Å². The fourth-order valence-corrected chi connectivity index (χ4v) is 4.72. The van der Waals surface area contributed by atoms with Crippen LogP contribution in [-0.2, 0) is 30.5 Å². The molecule has 3 aromatic rings. The Morgan fingerprint density at radius 1 is 1.23 bits per heavy atom. The first kappa shape index (κ1) is 33.2. The minimum Gasteiger partial charge on any atom is -0.359 e. The van der Waals surface area contributed by atoms with Crippen LogP contribution in [-0.4, -0.2) is 49.5 Å². The Bertz CT molecular complexity index is 1410. The number of benzene rings is 2. The number of carbonyl (C=O) groups is 1. The number of imidazole rings is 1. The molecule has 9 nitrogen and oxygen atoms in total. The third-order valence-electron chi connectivity index (χ3n) is 7.10. The summed E-state index contributed by atoms with van der Waals surface area (Å²) in [5.41, 5.74) is 0.759. The average molecular weight is 617 g/mol. The van der Waals surface area contributed by atoms with E-state index < -0.39 is 22.7 Å². The molecule has 2 atom stereocenters. The highest BCUT2D eigenvalue weighted by Gasteiger charge is 2.34. The zero-order chi connectivity index (χ0) is 31.6. The quantitative estimate of drug-likeness (QED) is 0.107. The number of halogens is 3. The maximum Gasteiger partial charge on any atom is 0.416 e. The van der Waals surface area contributed by atoms with Crippen molar-refractivity contribution in [2.75, 3.05) is 13.1 Å². The summed E-state index contributed by atoms with van der Waals surface area (Å²) < 4.78 is 43.0. The van der Waals surface area contributed by atoms with Crippen LogP contribution in [0, 0.1) is 16.0 Å². The highest BCUT2D eigenvalue weighted by atomic mass is 32.1. The Kier molecular flexibility index (Phi) is 11.8. The number of nitro groups is 1. The van der Waals surface area contributed by atoms with Crippen molar-refractivity contribution >= 4 is 28.9 Å². The highest BCUT2D eigenvalue weighted by molar-refractivity contribution is 7.80. The number of rotatable bonds is 14. The minimum absolute atomic E-state index is 0.00990. The fraction of sp³-hybridized carbons (Fsp3) is 0.367. The first-order valence-corrected chi connectivity index (χ1v) is 14.1. The SMILES string of the molecule is C=CCNC(=S)N(Cc1ccccc1C(F)(F)F)C[C@@H](NC(=O)Cc1cncn1Cc1ccc([N+](=O)[O-])cc1)[C@@H](C)CC. The number of hydrogen-bond acceptors (Lipinski definition) is 5. The van der Waals surface area contributed by atoms with Crippen molar-refractivity contribution in [2.45, 2.75) is 52.0 Å². The Morgan fingerprint density at radius 3 is 2.56 bits per heavy atom. The Hall–Kier alpha value is -4.26. The normalized spacial score (nSPS) is 12.7. The van der Waals surface area contributed by atoms with E-state index >= 15 is 0 Å². The van der Waals surface area contributed by atoms with Gasteiger partial charge in [0.2, 0.25) is 5.91 Å². The number of nitrogens with one attached hydrogen (secondary N) is 2. The molecular formula is C30H35F3N6O3S. The van der Waals surface area contributed by atoms with Crippen molar-refractivity contribution < 1.29 is 22.9 Å². The monoisotopic (exact) mass is 616 g/mol. The molecule has 0 unspecified atom stereocenters. The average Bonchev–Trinajstić information content (AvgIpc) is 3.40. The number of hydrogen-bond donors (Lipinski definition) is 2. The van der Waals surface area contributed by atoms with E-state index in [4.69, 9.17) is 12.2 Å². The molecule has 0 saturated carbocycles. The van der Waals surface area contributed by atoms with Gasteiger partial charge in [0.05, 0.1) is 23.2 Å². The van der Waals surface area contributed by atoms with Gasteiger partial charge >= 0.3 is 6.18 Å². The summed E-state index contributed by atoms with van der Waals surface area (Å²) in [6.07, 6.45) is 0.957. The van der Waals surface area contributed by atoms with E-state index in [-0.39, 0.29) is 47.7 Å². The van der Waals surface area contributed by atoms with Crippen LogP contribution >= 0.6 is 12.2 Å². The second-order valence-electron chi connectivity index (χ2n) is 10.2. The van der Waals surface area contributed by atoms with Crippen molar-refractivity contribution in [1.29, 1.82) is 0 Å². The second kappa shape index (κ2) is 15.3. The van der Waals surface area contributed by atoms with Crippen LogP contribution in [0.4, 0.5) is 18.9 Å². The van der Waals surface area contributed by atoms with Gasteiger partial charge in [0.15, 0.2) is 5.11 Å². The van der Waals surface area contributed by atoms with Crippen molar-refractivity contribution in [2.24, 2.45) is 5.92 Å². The molecule has 0 spiro atoms. The minimum atomic E-state index is -4.53. The maximum absolute atomic E-state index is 13.7. The number of nitro benzene ring substituents is 1. The van der Waals surface area contributed by atoms with E-state index in [2.05, 4.69) is 22.2 Å². The van der Waals surface area contributed by atoms with Gasteiger partial charge in [-0.2, -0.15) is 13.2 Å². The molecule has 0 aliphatic heterocycles. The molecule has 0 fully saturated rings. The van der Waals surface area contributed by atoms with Crippen molar-refractivity contribution in [3.63, 3.8) is 0 Å². The van der Waals surface area contributed by atoms with E-state index in [9.17, 15) is 28.1 Å². The van der Waals surface area contributed by atoms with Gasteiger partial charge in [-0.05, 0) is 35.3 Å². The lowest BCUT2D eigenvalue weighted by molar-refractivity contribution is -0.384. The van der Waals surface area contributed by atoms with E-state index in [1.165, 1.54) is 24.3 Å². The van der Waals surface area contributed by atoms with Crippen LogP contribution < -0.4 is 10.6 Å². The number of carbonyl (C=O) groups excluding carboxylic acids is 1. The predicted molar refractivity (Wildman–Crippen MR) is 162 cm³/mol. The largest absolute Gasteiger partial charge is 0.416 e. The molecule has 1 aromatic heterocycles. The van der Waals surface area contributed by atoms with Gasteiger partial charge < -0.3 is 20.1 Å². The molecule has 0 saturated heterocycles. The zero-order valence-electron chi connectivity index (χ0n) is 24.0. The van der Waals surface area contributed by atoms with Gasteiger partial charge in [-0.1, -0.05) is 56.7 Å². The summed E-state index contributed by atoms with van der Waals surface area (Å²) >= 11 is 5.55. The Morgan fingerprint density at radius 2 is 1.93 bits per heavy atom.